The summed E-state index contributed by atoms with van der Waals surface area (Å²) in [5.41, 5.74) is 0.0823. The second kappa shape index (κ2) is 9.58. The van der Waals surface area contributed by atoms with E-state index in [1.54, 1.807) is 4.90 Å². The van der Waals surface area contributed by atoms with Crippen LogP contribution < -0.4 is 4.98 Å². The van der Waals surface area contributed by atoms with Crippen LogP contribution in [-0.4, -0.2) is 51.7 Å². The van der Waals surface area contributed by atoms with Crippen molar-refractivity contribution in [3.63, 3.8) is 0 Å². The van der Waals surface area contributed by atoms with Gasteiger partial charge in [-0.2, -0.15) is 0 Å². The number of nitrogens with one attached hydrogen (secondary N) is 1. The Morgan fingerprint density at radius 3 is 2.00 bits per heavy atom. The maximum atomic E-state index is 11.7. The van der Waals surface area contributed by atoms with Crippen molar-refractivity contribution in [1.29, 1.82) is 0 Å². The molecule has 0 fully saturated rings. The summed E-state index contributed by atoms with van der Waals surface area (Å²) in [6, 6.07) is 0. The summed E-state index contributed by atoms with van der Waals surface area (Å²) in [6.07, 6.45) is 4.43. The van der Waals surface area contributed by atoms with Crippen LogP contribution in [0.4, 0.5) is 0 Å². The molecule has 0 aliphatic carbocycles. The molecule has 0 aliphatic rings. The lowest BCUT2D eigenvalue weighted by Gasteiger charge is -2.52. The van der Waals surface area contributed by atoms with Crippen molar-refractivity contribution in [2.75, 3.05) is 13.6 Å². The summed E-state index contributed by atoms with van der Waals surface area (Å²) in [5.74, 6) is -0.00914. The fourth-order valence-electron chi connectivity index (χ4n) is 3.74. The van der Waals surface area contributed by atoms with Crippen molar-refractivity contribution in [1.82, 2.24) is 9.88 Å². The first-order valence-electron chi connectivity index (χ1n) is 10.7. The third kappa shape index (κ3) is 7.43. The standard InChI is InChI=1S/C22H48N2O2Si2/c1-14-19(25)24(9)18-16-17-21(6,7)28(12,13)26-22(8,15-2)27(10,11)23-20(3,4)5/h14,23H,1,15-18H2,2-13H3. The number of rotatable bonds is 11. The smallest absolute Gasteiger partial charge is 0.245 e. The molecule has 0 bridgehead atoms. The average molecular weight is 429 g/mol. The normalized spacial score (nSPS) is 15.9. The van der Waals surface area contributed by atoms with Crippen LogP contribution in [0.15, 0.2) is 12.7 Å². The molecular formula is C22H48N2O2Si2. The molecule has 0 heterocycles. The minimum atomic E-state index is -2.01. The number of likely N-dealkylation sites (N-methyl/N-ethyl adjacent to an activating group) is 1. The van der Waals surface area contributed by atoms with Crippen molar-refractivity contribution in [3.05, 3.63) is 12.7 Å². The quantitative estimate of drug-likeness (QED) is 0.338. The van der Waals surface area contributed by atoms with E-state index in [9.17, 15) is 4.79 Å². The second-order valence-corrected chi connectivity index (χ2v) is 20.3. The molecule has 0 rings (SSSR count). The number of nitrogens with zero attached hydrogens (tertiary/aromatic N) is 1. The molecular weight excluding hydrogens is 380 g/mol. The van der Waals surface area contributed by atoms with Crippen molar-refractivity contribution < 1.29 is 9.22 Å². The topological polar surface area (TPSA) is 41.6 Å². The second-order valence-electron chi connectivity index (χ2n) is 11.1. The molecule has 1 N–H and O–H groups in total. The summed E-state index contributed by atoms with van der Waals surface area (Å²) >= 11 is 0. The third-order valence-corrected chi connectivity index (χ3v) is 15.8. The first-order chi connectivity index (χ1) is 12.3. The number of hydrogen-bond acceptors (Lipinski definition) is 3. The van der Waals surface area contributed by atoms with Crippen LogP contribution in [0.5, 0.6) is 0 Å². The zero-order valence-electron chi connectivity index (χ0n) is 20.9. The van der Waals surface area contributed by atoms with E-state index >= 15 is 0 Å². The zero-order chi connectivity index (χ0) is 22.6. The van der Waals surface area contributed by atoms with E-state index in [0.29, 0.717) is 0 Å². The lowest BCUT2D eigenvalue weighted by Crippen LogP contribution is -2.70. The molecule has 1 unspecified atom stereocenters. The van der Waals surface area contributed by atoms with Gasteiger partial charge in [-0.3, -0.25) is 4.79 Å². The van der Waals surface area contributed by atoms with E-state index in [2.05, 4.69) is 86.2 Å². The molecule has 0 aromatic carbocycles. The van der Waals surface area contributed by atoms with Gasteiger partial charge in [0, 0.05) is 19.1 Å². The van der Waals surface area contributed by atoms with E-state index in [4.69, 9.17) is 4.43 Å². The molecule has 1 amide bonds. The van der Waals surface area contributed by atoms with Crippen molar-refractivity contribution in [3.8, 4) is 0 Å². The van der Waals surface area contributed by atoms with Gasteiger partial charge in [-0.05, 0) is 71.2 Å². The number of carbonyl (C=O) groups excluding carboxylic acids is 1. The van der Waals surface area contributed by atoms with Crippen LogP contribution in [-0.2, 0) is 9.22 Å². The van der Waals surface area contributed by atoms with Crippen LogP contribution >= 0.6 is 0 Å². The van der Waals surface area contributed by atoms with Gasteiger partial charge < -0.3 is 14.3 Å². The highest BCUT2D eigenvalue weighted by Crippen LogP contribution is 2.45. The lowest BCUT2D eigenvalue weighted by molar-refractivity contribution is -0.124. The molecule has 0 saturated carbocycles. The van der Waals surface area contributed by atoms with Crippen LogP contribution in [0.2, 0.25) is 31.2 Å². The van der Waals surface area contributed by atoms with Gasteiger partial charge >= 0.3 is 0 Å². The molecule has 0 aromatic heterocycles. The molecule has 0 aliphatic heterocycles. The minimum Gasteiger partial charge on any atom is -0.413 e. The molecule has 166 valence electrons. The van der Waals surface area contributed by atoms with Gasteiger partial charge in [0.1, 0.15) is 0 Å². The van der Waals surface area contributed by atoms with E-state index in [1.807, 2.05) is 7.05 Å². The van der Waals surface area contributed by atoms with Crippen molar-refractivity contribution >= 4 is 22.5 Å². The third-order valence-electron chi connectivity index (χ3n) is 6.64. The predicted octanol–water partition coefficient (Wildman–Crippen LogP) is 5.71. The Hall–Kier alpha value is -0.436. The Morgan fingerprint density at radius 1 is 1.11 bits per heavy atom. The van der Waals surface area contributed by atoms with Crippen LogP contribution in [0, 0.1) is 0 Å². The monoisotopic (exact) mass is 428 g/mol. The van der Waals surface area contributed by atoms with Gasteiger partial charge in [0.15, 0.2) is 16.6 Å². The first kappa shape index (κ1) is 27.6. The molecule has 28 heavy (non-hydrogen) atoms. The molecule has 1 atom stereocenters. The van der Waals surface area contributed by atoms with Crippen LogP contribution in [0.25, 0.3) is 0 Å². The largest absolute Gasteiger partial charge is 0.413 e. The van der Waals surface area contributed by atoms with Crippen molar-refractivity contribution in [2.24, 2.45) is 0 Å². The summed E-state index contributed by atoms with van der Waals surface area (Å²) < 4.78 is 7.12. The first-order valence-corrected chi connectivity index (χ1v) is 16.6. The van der Waals surface area contributed by atoms with Gasteiger partial charge in [-0.15, -0.1) is 0 Å². The van der Waals surface area contributed by atoms with E-state index in [0.717, 1.165) is 25.8 Å². The highest BCUT2D eigenvalue weighted by atomic mass is 28.4. The Bertz CT molecular complexity index is 539. The van der Waals surface area contributed by atoms with Gasteiger partial charge in [-0.25, -0.2) is 0 Å². The van der Waals surface area contributed by atoms with Gasteiger partial charge in [0.05, 0.1) is 5.22 Å². The Morgan fingerprint density at radius 2 is 1.61 bits per heavy atom. The van der Waals surface area contributed by atoms with Gasteiger partial charge in [-0.1, -0.05) is 40.4 Å². The average Bonchev–Trinajstić information content (AvgIpc) is 2.50. The summed E-state index contributed by atoms with van der Waals surface area (Å²) in [7, 11) is -2.02. The maximum Gasteiger partial charge on any atom is 0.245 e. The van der Waals surface area contributed by atoms with Crippen LogP contribution in [0.1, 0.15) is 67.7 Å². The molecule has 4 nitrogen and oxygen atoms in total. The predicted molar refractivity (Wildman–Crippen MR) is 129 cm³/mol. The highest BCUT2D eigenvalue weighted by molar-refractivity contribution is 6.80. The molecule has 0 spiro atoms. The number of hydrogen-bond donors (Lipinski definition) is 1. The Kier molecular flexibility index (Phi) is 9.43. The molecule has 6 heteroatoms. The molecule has 0 saturated heterocycles. The minimum absolute atomic E-state index is 0.00914. The number of carbonyl (C=O) groups is 1. The maximum absolute atomic E-state index is 11.7. The summed E-state index contributed by atoms with van der Waals surface area (Å²) in [6.45, 7) is 29.8. The zero-order valence-corrected chi connectivity index (χ0v) is 22.9. The van der Waals surface area contributed by atoms with E-state index in [-0.39, 0.29) is 21.7 Å². The van der Waals surface area contributed by atoms with Gasteiger partial charge in [0.2, 0.25) is 5.91 Å². The molecule has 0 radical (unpaired) electrons. The fourth-order valence-corrected chi connectivity index (χ4v) is 10.9. The molecule has 0 aromatic rings. The van der Waals surface area contributed by atoms with E-state index in [1.165, 1.54) is 6.08 Å². The van der Waals surface area contributed by atoms with Crippen LogP contribution in [0.3, 0.4) is 0 Å². The van der Waals surface area contributed by atoms with Crippen molar-refractivity contribution in [2.45, 2.75) is 110 Å². The fraction of sp³-hybridized carbons (Fsp3) is 0.864. The SMILES string of the molecule is C=CC(=O)N(C)CCCC(C)(C)[Si](C)(C)OC(C)(CC)[Si](C)(C)NC(C)(C)C. The number of amides is 1. The van der Waals surface area contributed by atoms with Gasteiger partial charge in [0.25, 0.3) is 0 Å². The van der Waals surface area contributed by atoms with E-state index < -0.39 is 16.6 Å². The summed E-state index contributed by atoms with van der Waals surface area (Å²) in [4.78, 5) is 17.4. The lowest BCUT2D eigenvalue weighted by atomic mass is 10.1. The highest BCUT2D eigenvalue weighted by Gasteiger charge is 2.51. The Labute approximate surface area is 177 Å². The Balaban J connectivity index is 5.32. The summed E-state index contributed by atoms with van der Waals surface area (Å²) in [5, 5.41) is -0.00339.